The van der Waals surface area contributed by atoms with Gasteiger partial charge < -0.3 is 66.7 Å². The second-order valence-corrected chi connectivity index (χ2v) is 20.2. The van der Waals surface area contributed by atoms with Gasteiger partial charge in [-0.25, -0.2) is 0 Å². The standard InChI is InChI=1S/C54H77N7O14/c1-37(51(72)52(2,3)4)33-53(5,6)26-19-50(71)61-54(34-73-30-23-44(65)55-27-20-47(68)58-38-7-13-41(62)14-8-38,35-74-31-24-45(66)56-28-21-48(69)59-39-9-15-42(63)16-10-39)36-75-32-25-46(67)57-29-22-49(70)60-40-11-17-43(64)18-12-40/h7-18,37,62-64H,19-36H2,1-6H3,(H,55,65)(H,56,66)(H,57,67)(H,58,68)(H,59,69)(H,60,70)(H,61,71). The normalized spacial score (nSPS) is 11.9. The highest BCUT2D eigenvalue weighted by Crippen LogP contribution is 2.34. The molecule has 0 radical (unpaired) electrons. The Morgan fingerprint density at radius 2 is 0.773 bits per heavy atom. The van der Waals surface area contributed by atoms with Crippen LogP contribution in [-0.4, -0.2) is 127 Å². The van der Waals surface area contributed by atoms with Gasteiger partial charge in [-0.2, -0.15) is 0 Å². The minimum Gasteiger partial charge on any atom is -0.508 e. The van der Waals surface area contributed by atoms with Crippen molar-refractivity contribution in [1.82, 2.24) is 21.3 Å². The number of hydrogen-bond acceptors (Lipinski definition) is 14. The van der Waals surface area contributed by atoms with E-state index in [0.717, 1.165) is 0 Å². The number of carbonyl (C=O) groups is 8. The third-order valence-corrected chi connectivity index (χ3v) is 11.5. The number of benzene rings is 3. The van der Waals surface area contributed by atoms with E-state index in [1.165, 1.54) is 72.8 Å². The van der Waals surface area contributed by atoms with Gasteiger partial charge in [0.1, 0.15) is 28.6 Å². The van der Waals surface area contributed by atoms with E-state index in [1.54, 1.807) is 0 Å². The van der Waals surface area contributed by atoms with Gasteiger partial charge in [-0.05, 0) is 91.1 Å². The van der Waals surface area contributed by atoms with Crippen LogP contribution in [0.2, 0.25) is 0 Å². The number of Topliss-reactive ketones (excluding diaryl/α,β-unsaturated/α-hetero) is 1. The van der Waals surface area contributed by atoms with Crippen molar-refractivity contribution in [3.63, 3.8) is 0 Å². The summed E-state index contributed by atoms with van der Waals surface area (Å²) in [5, 5.41) is 47.5. The molecule has 0 aromatic heterocycles. The first-order valence-corrected chi connectivity index (χ1v) is 25.1. The number of aromatic hydroxyl groups is 3. The number of ketones is 1. The summed E-state index contributed by atoms with van der Waals surface area (Å²) in [5.74, 6) is -2.69. The molecule has 3 aromatic rings. The zero-order valence-electron chi connectivity index (χ0n) is 44.1. The highest BCUT2D eigenvalue weighted by molar-refractivity contribution is 5.92. The molecule has 412 valence electrons. The summed E-state index contributed by atoms with van der Waals surface area (Å²) in [6.45, 7) is 10.5. The molecule has 3 rings (SSSR count). The van der Waals surface area contributed by atoms with E-state index in [0.29, 0.717) is 29.9 Å². The number of carbonyl (C=O) groups excluding carboxylic acids is 8. The number of hydrogen-bond donors (Lipinski definition) is 10. The van der Waals surface area contributed by atoms with Crippen molar-refractivity contribution in [3.05, 3.63) is 72.8 Å². The minimum absolute atomic E-state index is 0.0251. The molecule has 0 saturated carbocycles. The molecular weight excluding hydrogens is 971 g/mol. The Balaban J connectivity index is 1.67. The van der Waals surface area contributed by atoms with Crippen LogP contribution >= 0.6 is 0 Å². The molecule has 0 aliphatic rings. The lowest BCUT2D eigenvalue weighted by molar-refractivity contribution is -0.132. The van der Waals surface area contributed by atoms with Crippen molar-refractivity contribution in [3.8, 4) is 17.2 Å². The number of rotatable bonds is 34. The maximum absolute atomic E-state index is 13.9. The molecule has 3 aromatic carbocycles. The smallest absolute Gasteiger partial charge is 0.226 e. The van der Waals surface area contributed by atoms with Gasteiger partial charge in [0.05, 0.1) is 39.6 Å². The molecule has 0 aliphatic carbocycles. The highest BCUT2D eigenvalue weighted by atomic mass is 16.5. The van der Waals surface area contributed by atoms with E-state index < -0.39 is 40.0 Å². The molecule has 75 heavy (non-hydrogen) atoms. The largest absolute Gasteiger partial charge is 0.508 e. The minimum atomic E-state index is -1.43. The van der Waals surface area contributed by atoms with Gasteiger partial charge in [-0.1, -0.05) is 41.5 Å². The maximum Gasteiger partial charge on any atom is 0.226 e. The second-order valence-electron chi connectivity index (χ2n) is 20.2. The molecule has 21 heteroatoms. The van der Waals surface area contributed by atoms with Gasteiger partial charge in [0.2, 0.25) is 41.4 Å². The number of phenols is 3. The van der Waals surface area contributed by atoms with Crippen LogP contribution in [0.5, 0.6) is 17.2 Å². The molecule has 0 heterocycles. The lowest BCUT2D eigenvalue weighted by Gasteiger charge is -2.35. The Morgan fingerprint density at radius 3 is 1.08 bits per heavy atom. The van der Waals surface area contributed by atoms with E-state index in [9.17, 15) is 53.7 Å². The molecule has 0 aliphatic heterocycles. The van der Waals surface area contributed by atoms with E-state index in [1.807, 2.05) is 41.5 Å². The summed E-state index contributed by atoms with van der Waals surface area (Å²) >= 11 is 0. The average Bonchev–Trinajstić information content (AvgIpc) is 3.34. The third-order valence-electron chi connectivity index (χ3n) is 11.5. The predicted octanol–water partition coefficient (Wildman–Crippen LogP) is 5.06. The Labute approximate surface area is 439 Å². The number of phenolic OH excluding ortho intramolecular Hbond substituents is 3. The SMILES string of the molecule is CC(CC(C)(C)CCC(=O)NC(COCCC(=O)NCCC(=O)Nc1ccc(O)cc1)(COCCC(=O)NCCC(=O)Nc1ccc(O)cc1)COCCC(=O)NCCC(=O)Nc1ccc(O)cc1)C(=O)C(C)(C)C. The summed E-state index contributed by atoms with van der Waals surface area (Å²) in [4.78, 5) is 103. The van der Waals surface area contributed by atoms with Crippen LogP contribution in [0.25, 0.3) is 0 Å². The molecule has 0 saturated heterocycles. The van der Waals surface area contributed by atoms with Crippen molar-refractivity contribution in [2.75, 3.05) is 75.2 Å². The molecular formula is C54H77N7O14. The monoisotopic (exact) mass is 1050 g/mol. The molecule has 21 nitrogen and oxygen atoms in total. The zero-order chi connectivity index (χ0) is 55.4. The van der Waals surface area contributed by atoms with Gasteiger partial charge in [-0.3, -0.25) is 38.4 Å². The van der Waals surface area contributed by atoms with E-state index >= 15 is 0 Å². The molecule has 7 amide bonds. The maximum atomic E-state index is 13.9. The van der Waals surface area contributed by atoms with Gasteiger partial charge >= 0.3 is 0 Å². The molecule has 10 N–H and O–H groups in total. The van der Waals surface area contributed by atoms with E-state index in [2.05, 4.69) is 37.2 Å². The van der Waals surface area contributed by atoms with Gasteiger partial charge in [0.25, 0.3) is 0 Å². The topological polar surface area (TPSA) is 309 Å². The number of anilines is 3. The van der Waals surface area contributed by atoms with Crippen molar-refractivity contribution in [1.29, 1.82) is 0 Å². The number of ether oxygens (including phenoxy) is 3. The predicted molar refractivity (Wildman–Crippen MR) is 282 cm³/mol. The van der Waals surface area contributed by atoms with Crippen LogP contribution in [0.15, 0.2) is 72.8 Å². The fraction of sp³-hybridized carbons (Fsp3) is 0.519. The van der Waals surface area contributed by atoms with Crippen LogP contribution in [0.3, 0.4) is 0 Å². The first kappa shape index (κ1) is 62.2. The summed E-state index contributed by atoms with van der Waals surface area (Å²) in [5.41, 5.74) is -0.930. The molecule has 0 fully saturated rings. The second kappa shape index (κ2) is 31.6. The first-order chi connectivity index (χ1) is 35.4. The van der Waals surface area contributed by atoms with Gasteiger partial charge in [0, 0.05) is 93.0 Å². The van der Waals surface area contributed by atoms with Crippen molar-refractivity contribution >= 4 is 64.2 Å². The Hall–Kier alpha value is -7.10. The lowest BCUT2D eigenvalue weighted by Crippen LogP contribution is -2.59. The van der Waals surface area contributed by atoms with E-state index in [4.69, 9.17) is 14.2 Å². The molecule has 0 spiro atoms. The first-order valence-electron chi connectivity index (χ1n) is 25.1. The fourth-order valence-electron chi connectivity index (χ4n) is 7.62. The van der Waals surface area contributed by atoms with Crippen molar-refractivity contribution < 1.29 is 67.9 Å². The Bertz CT molecular complexity index is 2110. The van der Waals surface area contributed by atoms with Crippen LogP contribution in [0.1, 0.15) is 99.3 Å². The van der Waals surface area contributed by atoms with Crippen molar-refractivity contribution in [2.45, 2.75) is 105 Å². The lowest BCUT2D eigenvalue weighted by atomic mass is 9.74. The molecule has 1 atom stereocenters. The van der Waals surface area contributed by atoms with Crippen LogP contribution in [-0.2, 0) is 52.6 Å². The summed E-state index contributed by atoms with van der Waals surface area (Å²) in [6.07, 6.45) is 0.556. The van der Waals surface area contributed by atoms with Crippen LogP contribution in [0.4, 0.5) is 17.1 Å². The summed E-state index contributed by atoms with van der Waals surface area (Å²) in [6, 6.07) is 17.8. The fourth-order valence-corrected chi connectivity index (χ4v) is 7.62. The van der Waals surface area contributed by atoms with Gasteiger partial charge in [-0.15, -0.1) is 0 Å². The molecule has 0 bridgehead atoms. The molecule has 1 unspecified atom stereocenters. The summed E-state index contributed by atoms with van der Waals surface area (Å²) in [7, 11) is 0. The number of amides is 7. The average molecular weight is 1050 g/mol. The van der Waals surface area contributed by atoms with Gasteiger partial charge in [0.15, 0.2) is 0 Å². The Kier molecular flexibility index (Phi) is 26.2. The Morgan fingerprint density at radius 1 is 0.453 bits per heavy atom. The van der Waals surface area contributed by atoms with E-state index in [-0.39, 0.29) is 151 Å². The highest BCUT2D eigenvalue weighted by Gasteiger charge is 2.36. The quantitative estimate of drug-likeness (QED) is 0.0276. The third kappa shape index (κ3) is 26.6. The zero-order valence-corrected chi connectivity index (χ0v) is 44.1. The number of nitrogens with one attached hydrogen (secondary N) is 7. The van der Waals surface area contributed by atoms with Crippen LogP contribution < -0.4 is 37.2 Å². The summed E-state index contributed by atoms with van der Waals surface area (Å²) < 4.78 is 18.0. The van der Waals surface area contributed by atoms with Crippen LogP contribution in [0, 0.1) is 16.7 Å². The van der Waals surface area contributed by atoms with Crippen molar-refractivity contribution in [2.24, 2.45) is 16.7 Å².